The molecule has 25 heavy (non-hydrogen) atoms. The van der Waals surface area contributed by atoms with Crippen molar-refractivity contribution in [1.82, 2.24) is 15.1 Å². The van der Waals surface area contributed by atoms with E-state index in [2.05, 4.69) is 41.6 Å². The molecule has 0 saturated heterocycles. The molecule has 5 nitrogen and oxygen atoms in total. The first kappa shape index (κ1) is 18.9. The lowest BCUT2D eigenvalue weighted by molar-refractivity contribution is -0.117. The van der Waals surface area contributed by atoms with Crippen molar-refractivity contribution in [1.29, 1.82) is 0 Å². The highest BCUT2D eigenvalue weighted by atomic mass is 16.5. The quantitative estimate of drug-likeness (QED) is 0.788. The minimum Gasteiger partial charge on any atom is -0.383 e. The van der Waals surface area contributed by atoms with Gasteiger partial charge < -0.3 is 10.1 Å². The van der Waals surface area contributed by atoms with E-state index in [9.17, 15) is 4.79 Å². The van der Waals surface area contributed by atoms with Crippen molar-refractivity contribution < 1.29 is 9.53 Å². The second-order valence-electron chi connectivity index (χ2n) is 6.43. The fourth-order valence-electron chi connectivity index (χ4n) is 2.71. The molecule has 1 N–H and O–H groups in total. The van der Waals surface area contributed by atoms with Crippen LogP contribution in [0.2, 0.25) is 0 Å². The third-order valence-corrected chi connectivity index (χ3v) is 4.10. The highest BCUT2D eigenvalue weighted by molar-refractivity contribution is 5.92. The van der Waals surface area contributed by atoms with Gasteiger partial charge in [-0.05, 0) is 39.3 Å². The number of carbonyl (C=O) groups is 1. The van der Waals surface area contributed by atoms with Gasteiger partial charge in [-0.1, -0.05) is 29.8 Å². The second kappa shape index (κ2) is 8.62. The lowest BCUT2D eigenvalue weighted by Crippen LogP contribution is -2.34. The molecule has 0 aliphatic rings. The predicted octanol–water partition coefficient (Wildman–Crippen LogP) is 3.02. The van der Waals surface area contributed by atoms with E-state index >= 15 is 0 Å². The summed E-state index contributed by atoms with van der Waals surface area (Å²) in [6.07, 6.45) is 3.39. The molecular formula is C20H27N3O2. The van der Waals surface area contributed by atoms with Crippen molar-refractivity contribution in [3.05, 3.63) is 58.4 Å². The van der Waals surface area contributed by atoms with Gasteiger partial charge in [0, 0.05) is 30.5 Å². The van der Waals surface area contributed by atoms with Gasteiger partial charge in [0.15, 0.2) is 0 Å². The first-order valence-corrected chi connectivity index (χ1v) is 8.47. The smallest absolute Gasteiger partial charge is 0.244 e. The maximum Gasteiger partial charge on any atom is 0.244 e. The van der Waals surface area contributed by atoms with Gasteiger partial charge in [-0.2, -0.15) is 5.10 Å². The van der Waals surface area contributed by atoms with E-state index in [-0.39, 0.29) is 11.9 Å². The second-order valence-corrected chi connectivity index (χ2v) is 6.43. The van der Waals surface area contributed by atoms with Gasteiger partial charge in [0.05, 0.1) is 18.8 Å². The van der Waals surface area contributed by atoms with Crippen LogP contribution >= 0.6 is 0 Å². The van der Waals surface area contributed by atoms with E-state index in [1.54, 1.807) is 13.2 Å². The largest absolute Gasteiger partial charge is 0.383 e. The number of benzene rings is 1. The van der Waals surface area contributed by atoms with Crippen LogP contribution < -0.4 is 5.32 Å². The molecule has 134 valence electrons. The molecule has 1 amide bonds. The van der Waals surface area contributed by atoms with E-state index in [1.807, 2.05) is 31.5 Å². The fraction of sp³-hybridized carbons (Fsp3) is 0.400. The van der Waals surface area contributed by atoms with Crippen LogP contribution in [0.5, 0.6) is 0 Å². The van der Waals surface area contributed by atoms with E-state index in [0.29, 0.717) is 6.61 Å². The molecule has 0 saturated carbocycles. The number of carbonyl (C=O) groups excluding carboxylic acids is 1. The average Bonchev–Trinajstić information content (AvgIpc) is 2.81. The molecule has 1 aromatic carbocycles. The van der Waals surface area contributed by atoms with E-state index in [1.165, 1.54) is 11.1 Å². The molecule has 1 atom stereocenters. The highest BCUT2D eigenvalue weighted by Gasteiger charge is 2.10. The summed E-state index contributed by atoms with van der Waals surface area (Å²) < 4.78 is 7.00. The van der Waals surface area contributed by atoms with Crippen molar-refractivity contribution in [3.8, 4) is 0 Å². The predicted molar refractivity (Wildman–Crippen MR) is 100 cm³/mol. The number of hydrogen-bond donors (Lipinski definition) is 1. The van der Waals surface area contributed by atoms with Crippen LogP contribution in [0.15, 0.2) is 30.3 Å². The van der Waals surface area contributed by atoms with Crippen molar-refractivity contribution in [2.45, 2.75) is 40.3 Å². The third kappa shape index (κ3) is 5.29. The van der Waals surface area contributed by atoms with E-state index < -0.39 is 0 Å². The van der Waals surface area contributed by atoms with Crippen LogP contribution in [0.1, 0.15) is 35.0 Å². The number of nitrogens with zero attached hydrogens (tertiary/aromatic N) is 2. The normalized spacial score (nSPS) is 12.5. The number of rotatable bonds is 7. The summed E-state index contributed by atoms with van der Waals surface area (Å²) in [5.74, 6) is -0.130. The molecule has 5 heteroatoms. The summed E-state index contributed by atoms with van der Waals surface area (Å²) in [7, 11) is 1.62. The first-order valence-electron chi connectivity index (χ1n) is 8.47. The van der Waals surface area contributed by atoms with Gasteiger partial charge in [-0.15, -0.1) is 0 Å². The summed E-state index contributed by atoms with van der Waals surface area (Å²) in [4.78, 5) is 12.0. The molecule has 0 spiro atoms. The molecule has 0 fully saturated rings. The number of hydrogen-bond acceptors (Lipinski definition) is 3. The zero-order chi connectivity index (χ0) is 18.4. The topological polar surface area (TPSA) is 56.1 Å². The number of nitrogens with one attached hydrogen (secondary N) is 1. The Hall–Kier alpha value is -2.40. The molecule has 0 bridgehead atoms. The lowest BCUT2D eigenvalue weighted by Gasteiger charge is -2.10. The summed E-state index contributed by atoms with van der Waals surface area (Å²) in [6, 6.07) is 8.42. The van der Waals surface area contributed by atoms with Crippen LogP contribution in [0.4, 0.5) is 0 Å². The van der Waals surface area contributed by atoms with Gasteiger partial charge >= 0.3 is 0 Å². The molecule has 2 rings (SSSR count). The lowest BCUT2D eigenvalue weighted by atomic mass is 10.1. The summed E-state index contributed by atoms with van der Waals surface area (Å²) in [5.41, 5.74) is 5.40. The van der Waals surface area contributed by atoms with Crippen LogP contribution in [-0.2, 0) is 16.1 Å². The monoisotopic (exact) mass is 341 g/mol. The maximum absolute atomic E-state index is 12.0. The van der Waals surface area contributed by atoms with Gasteiger partial charge in [0.1, 0.15) is 0 Å². The molecule has 0 aliphatic carbocycles. The van der Waals surface area contributed by atoms with Crippen molar-refractivity contribution >= 4 is 12.0 Å². The summed E-state index contributed by atoms with van der Waals surface area (Å²) in [5, 5.41) is 7.47. The Morgan fingerprint density at radius 1 is 1.28 bits per heavy atom. The van der Waals surface area contributed by atoms with Gasteiger partial charge in [0.25, 0.3) is 0 Å². The minimum absolute atomic E-state index is 0.0198. The van der Waals surface area contributed by atoms with Crippen molar-refractivity contribution in [3.63, 3.8) is 0 Å². The summed E-state index contributed by atoms with van der Waals surface area (Å²) in [6.45, 7) is 9.19. The minimum atomic E-state index is -0.130. The van der Waals surface area contributed by atoms with Gasteiger partial charge in [0.2, 0.25) is 5.91 Å². The van der Waals surface area contributed by atoms with Crippen LogP contribution in [0, 0.1) is 20.8 Å². The number of amides is 1. The SMILES string of the molecule is COCC(C)NC(=O)/C=C/c1c(C)nn(Cc2ccc(C)cc2)c1C. The Bertz CT molecular complexity index is 745. The molecule has 0 aliphatic heterocycles. The fourth-order valence-corrected chi connectivity index (χ4v) is 2.71. The zero-order valence-corrected chi connectivity index (χ0v) is 15.7. The molecule has 0 radical (unpaired) electrons. The molecular weight excluding hydrogens is 314 g/mol. The van der Waals surface area contributed by atoms with Gasteiger partial charge in [-0.25, -0.2) is 0 Å². The zero-order valence-electron chi connectivity index (χ0n) is 15.7. The number of ether oxygens (including phenoxy) is 1. The van der Waals surface area contributed by atoms with E-state index in [0.717, 1.165) is 23.5 Å². The maximum atomic E-state index is 12.0. The average molecular weight is 341 g/mol. The molecule has 1 aromatic heterocycles. The highest BCUT2D eigenvalue weighted by Crippen LogP contribution is 2.16. The Kier molecular flexibility index (Phi) is 6.53. The number of aromatic nitrogens is 2. The Morgan fingerprint density at radius 3 is 2.60 bits per heavy atom. The standard InChI is InChI=1S/C20H27N3O2/c1-14-6-8-18(9-7-14)12-23-17(4)19(16(3)22-23)10-11-20(24)21-15(2)13-25-5/h6-11,15H,12-13H2,1-5H3,(H,21,24)/b11-10+. The molecule has 2 aromatic rings. The van der Waals surface area contributed by atoms with Crippen LogP contribution in [0.3, 0.4) is 0 Å². The first-order chi connectivity index (χ1) is 11.9. The Balaban J connectivity index is 2.09. The number of aryl methyl sites for hydroxylation is 2. The van der Waals surface area contributed by atoms with Crippen molar-refractivity contribution in [2.24, 2.45) is 0 Å². The third-order valence-electron chi connectivity index (χ3n) is 4.10. The van der Waals surface area contributed by atoms with Gasteiger partial charge in [-0.3, -0.25) is 9.48 Å². The Labute approximate surface area is 149 Å². The summed E-state index contributed by atoms with van der Waals surface area (Å²) >= 11 is 0. The Morgan fingerprint density at radius 2 is 1.96 bits per heavy atom. The van der Waals surface area contributed by atoms with Crippen LogP contribution in [0.25, 0.3) is 6.08 Å². The molecule has 1 heterocycles. The van der Waals surface area contributed by atoms with Crippen molar-refractivity contribution in [2.75, 3.05) is 13.7 Å². The molecule has 1 unspecified atom stereocenters. The van der Waals surface area contributed by atoms with E-state index in [4.69, 9.17) is 4.74 Å². The number of methoxy groups -OCH3 is 1. The van der Waals surface area contributed by atoms with Crippen LogP contribution in [-0.4, -0.2) is 35.4 Å².